The zero-order chi connectivity index (χ0) is 46.2. The second-order valence-corrected chi connectivity index (χ2v) is 11.6. The van der Waals surface area contributed by atoms with Crippen LogP contribution in [-0.2, 0) is 0 Å². The van der Waals surface area contributed by atoms with Crippen molar-refractivity contribution in [2.75, 3.05) is 0 Å². The highest BCUT2D eigenvalue weighted by molar-refractivity contribution is 6.27. The number of benzene rings is 9. The maximum atomic E-state index is 9.62. The van der Waals surface area contributed by atoms with Crippen LogP contribution in [0.2, 0.25) is 0 Å². The summed E-state index contributed by atoms with van der Waals surface area (Å²) in [7, 11) is 0. The normalized spacial score (nSPS) is 16.2. The smallest absolute Gasteiger partial charge is 0.136 e. The third-order valence-electron chi connectivity index (χ3n) is 8.97. The van der Waals surface area contributed by atoms with Gasteiger partial charge in [-0.25, -0.2) is 0 Å². The molecule has 0 unspecified atom stereocenters. The molecule has 0 aliphatic carbocycles. The summed E-state index contributed by atoms with van der Waals surface area (Å²) in [6, 6.07) is 17.1. The Balaban J connectivity index is 1.35. The molecular weight excluding hydrogens is 593 g/mol. The molecule has 0 amide bonds. The molecular formula is C48H30O. The van der Waals surface area contributed by atoms with Crippen LogP contribution < -0.4 is 0 Å². The molecule has 0 bridgehead atoms. The molecule has 0 saturated heterocycles. The van der Waals surface area contributed by atoms with Crippen LogP contribution in [0.4, 0.5) is 0 Å². The summed E-state index contributed by atoms with van der Waals surface area (Å²) in [5.74, 6) is 0. The standard InChI is InChI=1S/C48H30O/c1-3-14-31(15-4-1)33-26-29-44-43(30-33)48-42(24-13-25-45(48)49-44)47-39-22-11-9-20-37(39)46(38-21-10-12-23-40(38)47)41-28-27-34(32-16-5-2-6-17-32)35-18-7-8-19-36(35)41/h1-30H/i1D,2D,3D,4D,5D,6D,13D,14D,15D,16D,17D,24D,25D,26D,29D,30D. The van der Waals surface area contributed by atoms with E-state index in [1.807, 2.05) is 66.7 Å². The van der Waals surface area contributed by atoms with Gasteiger partial charge < -0.3 is 4.42 Å². The van der Waals surface area contributed by atoms with E-state index in [4.69, 9.17) is 23.6 Å². The maximum absolute atomic E-state index is 9.62. The number of hydrogen-bond donors (Lipinski definition) is 0. The van der Waals surface area contributed by atoms with Gasteiger partial charge in [0.1, 0.15) is 11.2 Å². The first-order valence-electron chi connectivity index (χ1n) is 23.6. The average Bonchev–Trinajstić information content (AvgIpc) is 3.72. The Labute approximate surface area is 306 Å². The van der Waals surface area contributed by atoms with E-state index in [2.05, 4.69) is 0 Å². The number of furan rings is 1. The molecule has 10 rings (SSSR count). The molecule has 0 aliphatic rings. The van der Waals surface area contributed by atoms with E-state index >= 15 is 0 Å². The molecule has 49 heavy (non-hydrogen) atoms. The molecule has 0 spiro atoms. The third-order valence-corrected chi connectivity index (χ3v) is 8.97. The highest BCUT2D eigenvalue weighted by atomic mass is 16.3. The van der Waals surface area contributed by atoms with Crippen molar-refractivity contribution in [2.24, 2.45) is 0 Å². The predicted octanol–water partition coefficient (Wildman–Crippen LogP) is 13.7. The van der Waals surface area contributed by atoms with E-state index in [-0.39, 0.29) is 45.2 Å². The van der Waals surface area contributed by atoms with E-state index in [0.29, 0.717) is 43.4 Å². The fourth-order valence-corrected chi connectivity index (χ4v) is 6.95. The van der Waals surface area contributed by atoms with Gasteiger partial charge in [-0.15, -0.1) is 0 Å². The lowest BCUT2D eigenvalue weighted by molar-refractivity contribution is 0.669. The van der Waals surface area contributed by atoms with Crippen molar-refractivity contribution in [1.82, 2.24) is 0 Å². The minimum Gasteiger partial charge on any atom is -0.456 e. The van der Waals surface area contributed by atoms with Crippen molar-refractivity contribution in [3.63, 3.8) is 0 Å². The average molecular weight is 639 g/mol. The molecule has 0 fully saturated rings. The van der Waals surface area contributed by atoms with Gasteiger partial charge in [-0.05, 0) is 95.0 Å². The van der Waals surface area contributed by atoms with Gasteiger partial charge >= 0.3 is 0 Å². The Morgan fingerprint density at radius 3 is 1.51 bits per heavy atom. The van der Waals surface area contributed by atoms with Gasteiger partial charge in [0, 0.05) is 10.8 Å². The van der Waals surface area contributed by atoms with E-state index in [1.165, 1.54) is 0 Å². The molecule has 228 valence electrons. The Bertz CT molecular complexity index is 3680. The van der Waals surface area contributed by atoms with Gasteiger partial charge in [0.15, 0.2) is 0 Å². The van der Waals surface area contributed by atoms with Gasteiger partial charge in [-0.2, -0.15) is 0 Å². The van der Waals surface area contributed by atoms with Crippen molar-refractivity contribution in [3.8, 4) is 44.5 Å². The molecule has 10 aromatic rings. The van der Waals surface area contributed by atoms with E-state index < -0.39 is 95.7 Å². The van der Waals surface area contributed by atoms with Crippen LogP contribution in [0.1, 0.15) is 21.9 Å². The zero-order valence-corrected chi connectivity index (χ0v) is 25.5. The van der Waals surface area contributed by atoms with Gasteiger partial charge in [0.05, 0.1) is 21.9 Å². The van der Waals surface area contributed by atoms with Crippen LogP contribution in [-0.4, -0.2) is 0 Å². The SMILES string of the molecule is [2H]c1c([2H])c([2H])c(-c2c([2H])c([2H])c3oc4c([2H])c([2H])c([2H])c(-c5c6ccccc6c(-c6ccc(-c7c([2H])c([2H])c([2H])c([2H])c7[2H])c7ccccc67)c6ccccc56)c4c3c2[2H])c([2H])c1[2H]. The third kappa shape index (κ3) is 4.33. The molecule has 1 aromatic heterocycles. The fraction of sp³-hybridized carbons (Fsp3) is 0. The Morgan fingerprint density at radius 2 is 0.878 bits per heavy atom. The number of rotatable bonds is 4. The largest absolute Gasteiger partial charge is 0.456 e. The highest BCUT2D eigenvalue weighted by Gasteiger charge is 2.21. The monoisotopic (exact) mass is 638 g/mol. The lowest BCUT2D eigenvalue weighted by atomic mass is 9.83. The van der Waals surface area contributed by atoms with Crippen LogP contribution in [0.15, 0.2) is 186 Å². The van der Waals surface area contributed by atoms with Gasteiger partial charge in [-0.1, -0.05) is 163 Å². The summed E-state index contributed by atoms with van der Waals surface area (Å²) < 4.78 is 146. The first-order valence-corrected chi connectivity index (χ1v) is 15.6. The first-order chi connectivity index (χ1) is 31.0. The van der Waals surface area contributed by atoms with Crippen LogP contribution >= 0.6 is 0 Å². The van der Waals surface area contributed by atoms with Crippen LogP contribution in [0.25, 0.3) is 98.8 Å². The number of hydrogen-bond acceptors (Lipinski definition) is 1. The maximum Gasteiger partial charge on any atom is 0.136 e. The molecule has 0 radical (unpaired) electrons. The van der Waals surface area contributed by atoms with Gasteiger partial charge in [0.2, 0.25) is 0 Å². The van der Waals surface area contributed by atoms with Crippen LogP contribution in [0.5, 0.6) is 0 Å². The van der Waals surface area contributed by atoms with Crippen molar-refractivity contribution in [1.29, 1.82) is 0 Å². The molecule has 1 heteroatoms. The Kier molecular flexibility index (Phi) is 3.64. The second kappa shape index (κ2) is 11.1. The molecule has 9 aromatic carbocycles. The van der Waals surface area contributed by atoms with E-state index in [9.17, 15) is 2.74 Å². The molecule has 0 atom stereocenters. The van der Waals surface area contributed by atoms with Gasteiger partial charge in [-0.3, -0.25) is 0 Å². The molecule has 0 aliphatic heterocycles. The molecule has 1 nitrogen and oxygen atoms in total. The van der Waals surface area contributed by atoms with Crippen LogP contribution in [0.3, 0.4) is 0 Å². The summed E-state index contributed by atoms with van der Waals surface area (Å²) in [5.41, 5.74) is 1.08. The first kappa shape index (κ1) is 16.1. The summed E-state index contributed by atoms with van der Waals surface area (Å²) in [6.07, 6.45) is 0. The van der Waals surface area contributed by atoms with Crippen molar-refractivity contribution in [3.05, 3.63) is 182 Å². The lowest BCUT2D eigenvalue weighted by Gasteiger charge is -2.20. The summed E-state index contributed by atoms with van der Waals surface area (Å²) >= 11 is 0. The van der Waals surface area contributed by atoms with Crippen molar-refractivity contribution >= 4 is 54.3 Å². The molecule has 0 N–H and O–H groups in total. The minimum atomic E-state index is -0.695. The van der Waals surface area contributed by atoms with Gasteiger partial charge in [0.25, 0.3) is 0 Å². The fourth-order valence-electron chi connectivity index (χ4n) is 6.95. The van der Waals surface area contributed by atoms with Crippen LogP contribution in [0, 0.1) is 0 Å². The molecule has 1 heterocycles. The Morgan fingerprint density at radius 1 is 0.347 bits per heavy atom. The highest BCUT2D eigenvalue weighted by Crippen LogP contribution is 2.48. The van der Waals surface area contributed by atoms with E-state index in [1.54, 1.807) is 18.2 Å². The summed E-state index contributed by atoms with van der Waals surface area (Å²) in [4.78, 5) is 0. The molecule has 0 saturated carbocycles. The van der Waals surface area contributed by atoms with Crippen molar-refractivity contribution < 1.29 is 26.3 Å². The topological polar surface area (TPSA) is 13.1 Å². The quantitative estimate of drug-likeness (QED) is 0.175. The lowest BCUT2D eigenvalue weighted by Crippen LogP contribution is -1.92. The number of fused-ring (bicyclic) bond motifs is 6. The Hall–Kier alpha value is -6.44. The predicted molar refractivity (Wildman–Crippen MR) is 208 cm³/mol. The summed E-state index contributed by atoms with van der Waals surface area (Å²) in [5, 5.41) is 3.76. The summed E-state index contributed by atoms with van der Waals surface area (Å²) in [6.45, 7) is 0. The second-order valence-electron chi connectivity index (χ2n) is 11.6. The minimum absolute atomic E-state index is 0.00888. The zero-order valence-electron chi connectivity index (χ0n) is 41.5. The van der Waals surface area contributed by atoms with Crippen molar-refractivity contribution in [2.45, 2.75) is 0 Å². The van der Waals surface area contributed by atoms with E-state index in [0.717, 1.165) is 11.1 Å².